The summed E-state index contributed by atoms with van der Waals surface area (Å²) in [6, 6.07) is 11.1. The smallest absolute Gasteiger partial charge is 0.330 e. The second-order valence-corrected chi connectivity index (χ2v) is 9.79. The number of aliphatic carboxylic acids is 1. The Labute approximate surface area is 225 Å². The summed E-state index contributed by atoms with van der Waals surface area (Å²) in [5, 5.41) is 22.5. The molecular formula is C27H33N5O7. The highest BCUT2D eigenvalue weighted by molar-refractivity contribution is 5.90. The molecule has 3 amide bonds. The summed E-state index contributed by atoms with van der Waals surface area (Å²) >= 11 is 0. The van der Waals surface area contributed by atoms with Gasteiger partial charge in [-0.15, -0.1) is 0 Å². The summed E-state index contributed by atoms with van der Waals surface area (Å²) in [6.07, 6.45) is 0.189. The number of carboxylic acids is 1. The topological polar surface area (TPSA) is 189 Å². The van der Waals surface area contributed by atoms with E-state index in [0.29, 0.717) is 24.9 Å². The van der Waals surface area contributed by atoms with Crippen LogP contribution in [0.3, 0.4) is 0 Å². The van der Waals surface area contributed by atoms with Gasteiger partial charge in [0.1, 0.15) is 24.8 Å². The molecule has 0 saturated carbocycles. The van der Waals surface area contributed by atoms with Crippen LogP contribution >= 0.6 is 0 Å². The third kappa shape index (κ3) is 6.53. The highest BCUT2D eigenvalue weighted by atomic mass is 16.5. The number of nitrogens with two attached hydrogens (primary N) is 2. The van der Waals surface area contributed by atoms with Crippen molar-refractivity contribution in [3.8, 4) is 5.75 Å². The molecule has 2 aromatic rings. The van der Waals surface area contributed by atoms with Crippen LogP contribution in [-0.2, 0) is 36.8 Å². The van der Waals surface area contributed by atoms with Crippen LogP contribution < -0.4 is 16.8 Å². The number of phenolic OH excluding ortho intramolecular Hbond substituents is 1. The molecule has 7 N–H and O–H groups in total. The van der Waals surface area contributed by atoms with E-state index in [-0.39, 0.29) is 25.3 Å². The number of primary amides is 1. The quantitative estimate of drug-likeness (QED) is 0.266. The van der Waals surface area contributed by atoms with E-state index in [0.717, 1.165) is 10.5 Å². The maximum absolute atomic E-state index is 13.6. The number of nitrogens with one attached hydrogen (secondary N) is 1. The summed E-state index contributed by atoms with van der Waals surface area (Å²) in [7, 11) is 0. The molecule has 0 unspecified atom stereocenters. The minimum atomic E-state index is -1.44. The van der Waals surface area contributed by atoms with E-state index < -0.39 is 54.1 Å². The molecule has 0 spiro atoms. The van der Waals surface area contributed by atoms with Crippen molar-refractivity contribution in [1.82, 2.24) is 15.1 Å². The van der Waals surface area contributed by atoms with Gasteiger partial charge in [-0.2, -0.15) is 0 Å². The summed E-state index contributed by atoms with van der Waals surface area (Å²) in [6.45, 7) is 0.0145. The van der Waals surface area contributed by atoms with Crippen LogP contribution in [0, 0.1) is 0 Å². The summed E-state index contributed by atoms with van der Waals surface area (Å²) in [5.74, 6) is -2.88. The Kier molecular flexibility index (Phi) is 8.79. The van der Waals surface area contributed by atoms with E-state index in [1.807, 2.05) is 30.3 Å². The van der Waals surface area contributed by atoms with Gasteiger partial charge < -0.3 is 36.2 Å². The van der Waals surface area contributed by atoms with E-state index >= 15 is 0 Å². The van der Waals surface area contributed by atoms with Crippen molar-refractivity contribution in [3.05, 3.63) is 65.7 Å². The zero-order valence-corrected chi connectivity index (χ0v) is 21.3. The van der Waals surface area contributed by atoms with E-state index in [1.165, 1.54) is 17.0 Å². The summed E-state index contributed by atoms with van der Waals surface area (Å²) < 4.78 is 5.69. The number of phenols is 1. The first kappa shape index (κ1) is 28.0. The fraction of sp³-hybridized carbons (Fsp3) is 0.407. The molecule has 0 aromatic heterocycles. The number of amides is 3. The molecule has 208 valence electrons. The lowest BCUT2D eigenvalue weighted by molar-refractivity contribution is -0.149. The van der Waals surface area contributed by atoms with Crippen LogP contribution in [0.15, 0.2) is 54.6 Å². The highest BCUT2D eigenvalue weighted by Crippen LogP contribution is 2.23. The predicted octanol–water partition coefficient (Wildman–Crippen LogP) is -0.465. The van der Waals surface area contributed by atoms with Gasteiger partial charge in [0.2, 0.25) is 17.7 Å². The third-order valence-corrected chi connectivity index (χ3v) is 7.07. The number of aromatic hydroxyl groups is 1. The average molecular weight is 540 g/mol. The zero-order valence-electron chi connectivity index (χ0n) is 21.3. The van der Waals surface area contributed by atoms with Gasteiger partial charge in [-0.1, -0.05) is 42.5 Å². The first-order valence-electron chi connectivity index (χ1n) is 12.7. The van der Waals surface area contributed by atoms with Gasteiger partial charge in [-0.25, -0.2) is 4.79 Å². The maximum atomic E-state index is 13.6. The lowest BCUT2D eigenvalue weighted by Crippen LogP contribution is -2.59. The minimum Gasteiger partial charge on any atom is -0.508 e. The molecule has 2 saturated heterocycles. The third-order valence-electron chi connectivity index (χ3n) is 7.07. The standard InChI is InChI=1S/C27H33N5O7/c28-19(13-17-8-10-18(33)11-9-17)25(35)32-15-39-24(22(32)27(37)38)30-20(14-16-5-2-1-3-6-16)26(36)31-12-4-7-21(31)23(29)34/h1-3,5-6,8-11,19-22,24,30,33H,4,7,12-15,28H2,(H2,29,34)(H,37,38)/t19-,20+,21-,22-,24-/m0/s1. The Bertz CT molecular complexity index is 1190. The van der Waals surface area contributed by atoms with Gasteiger partial charge in [0.05, 0.1) is 12.1 Å². The van der Waals surface area contributed by atoms with Gasteiger partial charge in [-0.05, 0) is 48.9 Å². The van der Waals surface area contributed by atoms with E-state index in [2.05, 4.69) is 5.32 Å². The number of carboxylic acid groups (broad SMARTS) is 1. The number of nitrogens with zero attached hydrogens (tertiary/aromatic N) is 2. The number of hydrogen-bond acceptors (Lipinski definition) is 8. The first-order valence-corrected chi connectivity index (χ1v) is 12.7. The van der Waals surface area contributed by atoms with Crippen molar-refractivity contribution >= 4 is 23.7 Å². The molecule has 12 nitrogen and oxygen atoms in total. The van der Waals surface area contributed by atoms with Crippen molar-refractivity contribution in [2.24, 2.45) is 11.5 Å². The largest absolute Gasteiger partial charge is 0.508 e. The predicted molar refractivity (Wildman–Crippen MR) is 139 cm³/mol. The lowest BCUT2D eigenvalue weighted by atomic mass is 10.0. The molecule has 0 aliphatic carbocycles. The van der Waals surface area contributed by atoms with Gasteiger partial charge in [0, 0.05) is 6.54 Å². The Hall–Kier alpha value is -4.00. The number of carbonyl (C=O) groups is 4. The molecular weight excluding hydrogens is 506 g/mol. The molecule has 2 fully saturated rings. The van der Waals surface area contributed by atoms with Crippen molar-refractivity contribution in [1.29, 1.82) is 0 Å². The van der Waals surface area contributed by atoms with Gasteiger partial charge in [0.15, 0.2) is 6.04 Å². The number of ether oxygens (including phenoxy) is 1. The second kappa shape index (κ2) is 12.2. The van der Waals surface area contributed by atoms with Crippen LogP contribution in [0.4, 0.5) is 0 Å². The Morgan fingerprint density at radius 1 is 0.974 bits per heavy atom. The second-order valence-electron chi connectivity index (χ2n) is 9.79. The number of hydrogen-bond donors (Lipinski definition) is 5. The van der Waals surface area contributed by atoms with Crippen LogP contribution in [0.1, 0.15) is 24.0 Å². The summed E-state index contributed by atoms with van der Waals surface area (Å²) in [4.78, 5) is 53.5. The fourth-order valence-corrected chi connectivity index (χ4v) is 5.08. The Balaban J connectivity index is 1.52. The molecule has 4 rings (SSSR count). The highest BCUT2D eigenvalue weighted by Gasteiger charge is 2.46. The van der Waals surface area contributed by atoms with E-state index in [9.17, 15) is 29.4 Å². The first-order chi connectivity index (χ1) is 18.7. The average Bonchev–Trinajstić information content (AvgIpc) is 3.57. The molecule has 2 aliphatic heterocycles. The molecule has 0 radical (unpaired) electrons. The molecule has 12 heteroatoms. The normalized spacial score (nSPS) is 22.4. The zero-order chi connectivity index (χ0) is 28.1. The monoisotopic (exact) mass is 539 g/mol. The maximum Gasteiger partial charge on any atom is 0.330 e. The van der Waals surface area contributed by atoms with Gasteiger partial charge in [0.25, 0.3) is 0 Å². The van der Waals surface area contributed by atoms with Crippen LogP contribution in [0.2, 0.25) is 0 Å². The molecule has 39 heavy (non-hydrogen) atoms. The fourth-order valence-electron chi connectivity index (χ4n) is 5.08. The SMILES string of the molecule is NC(=O)[C@@H]1CCCN1C(=O)[C@@H](Cc1ccccc1)N[C@H]1OCN(C(=O)[C@@H](N)Cc2ccc(O)cc2)[C@@H]1C(=O)O. The van der Waals surface area contributed by atoms with Crippen LogP contribution in [0.5, 0.6) is 5.75 Å². The number of carbonyl (C=O) groups excluding carboxylic acids is 3. The number of likely N-dealkylation sites (tertiary alicyclic amines) is 1. The number of rotatable bonds is 10. The molecule has 2 aliphatic rings. The van der Waals surface area contributed by atoms with Gasteiger partial charge in [-0.3, -0.25) is 19.7 Å². The summed E-state index contributed by atoms with van der Waals surface area (Å²) in [5.41, 5.74) is 13.2. The van der Waals surface area contributed by atoms with Crippen molar-refractivity contribution in [3.63, 3.8) is 0 Å². The van der Waals surface area contributed by atoms with Crippen molar-refractivity contribution < 1.29 is 34.1 Å². The van der Waals surface area contributed by atoms with Gasteiger partial charge >= 0.3 is 5.97 Å². The molecule has 5 atom stereocenters. The Morgan fingerprint density at radius 3 is 2.28 bits per heavy atom. The van der Waals surface area contributed by atoms with Crippen molar-refractivity contribution in [2.75, 3.05) is 13.3 Å². The van der Waals surface area contributed by atoms with Crippen molar-refractivity contribution in [2.45, 2.75) is 56.1 Å². The molecule has 2 aromatic carbocycles. The van der Waals surface area contributed by atoms with E-state index in [1.54, 1.807) is 12.1 Å². The van der Waals surface area contributed by atoms with E-state index in [4.69, 9.17) is 16.2 Å². The van der Waals surface area contributed by atoms with Crippen LogP contribution in [0.25, 0.3) is 0 Å². The van der Waals surface area contributed by atoms with Crippen LogP contribution in [-0.4, -0.2) is 87.4 Å². The minimum absolute atomic E-state index is 0.0714. The number of benzene rings is 2. The molecule has 2 heterocycles. The molecule has 0 bridgehead atoms. The lowest BCUT2D eigenvalue weighted by Gasteiger charge is -2.31. The Morgan fingerprint density at radius 2 is 1.64 bits per heavy atom.